The third-order valence-corrected chi connectivity index (χ3v) is 3.65. The number of nitro benzene ring substituents is 1. The summed E-state index contributed by atoms with van der Waals surface area (Å²) in [5.74, 6) is -0.633. The van der Waals surface area contributed by atoms with E-state index in [9.17, 15) is 14.9 Å². The summed E-state index contributed by atoms with van der Waals surface area (Å²) in [6, 6.07) is 6.72. The number of aliphatic carboxylic acids is 1. The van der Waals surface area contributed by atoms with E-state index in [0.717, 1.165) is 19.4 Å². The average Bonchev–Trinajstić information content (AvgIpc) is 2.38. The Morgan fingerprint density at radius 2 is 2.20 bits per heavy atom. The van der Waals surface area contributed by atoms with Crippen molar-refractivity contribution in [3.8, 4) is 0 Å². The lowest BCUT2D eigenvalue weighted by molar-refractivity contribution is -0.385. The van der Waals surface area contributed by atoms with E-state index >= 15 is 0 Å². The topological polar surface area (TPSA) is 83.7 Å². The number of nitro groups is 1. The van der Waals surface area contributed by atoms with Crippen molar-refractivity contribution >= 4 is 11.7 Å². The monoisotopic (exact) mass is 278 g/mol. The molecule has 0 aliphatic carbocycles. The van der Waals surface area contributed by atoms with Gasteiger partial charge in [-0.1, -0.05) is 18.2 Å². The maximum absolute atomic E-state index is 11.0. The molecule has 2 rings (SSSR count). The molecule has 6 nitrogen and oxygen atoms in total. The van der Waals surface area contributed by atoms with E-state index in [0.29, 0.717) is 18.7 Å². The fourth-order valence-electron chi connectivity index (χ4n) is 2.77. The fourth-order valence-corrected chi connectivity index (χ4v) is 2.77. The van der Waals surface area contributed by atoms with Crippen LogP contribution in [0.3, 0.4) is 0 Å². The Hall–Kier alpha value is -1.95. The quantitative estimate of drug-likeness (QED) is 0.660. The minimum Gasteiger partial charge on any atom is -0.481 e. The number of para-hydroxylation sites is 1. The number of hydrogen-bond donors (Lipinski definition) is 1. The molecule has 0 radical (unpaired) electrons. The molecular formula is C14H18N2O4. The second-order valence-electron chi connectivity index (χ2n) is 5.23. The lowest BCUT2D eigenvalue weighted by atomic mass is 9.94. The molecule has 20 heavy (non-hydrogen) atoms. The molecular weight excluding hydrogens is 260 g/mol. The maximum Gasteiger partial charge on any atom is 0.303 e. The highest BCUT2D eigenvalue weighted by molar-refractivity contribution is 5.67. The Morgan fingerprint density at radius 1 is 1.45 bits per heavy atom. The number of carbonyl (C=O) groups is 1. The minimum atomic E-state index is -0.775. The van der Waals surface area contributed by atoms with Crippen molar-refractivity contribution in [1.82, 2.24) is 4.90 Å². The predicted molar refractivity (Wildman–Crippen MR) is 73.4 cm³/mol. The van der Waals surface area contributed by atoms with Crippen molar-refractivity contribution in [2.24, 2.45) is 5.92 Å². The molecule has 1 saturated heterocycles. The summed E-state index contributed by atoms with van der Waals surface area (Å²) in [5, 5.41) is 19.8. The molecule has 1 heterocycles. The van der Waals surface area contributed by atoms with Gasteiger partial charge in [-0.15, -0.1) is 0 Å². The van der Waals surface area contributed by atoms with Crippen LogP contribution in [0.2, 0.25) is 0 Å². The van der Waals surface area contributed by atoms with Crippen molar-refractivity contribution in [3.63, 3.8) is 0 Å². The number of carboxylic acid groups (broad SMARTS) is 1. The number of benzene rings is 1. The molecule has 1 aromatic carbocycles. The normalized spacial score (nSPS) is 19.7. The molecule has 1 aromatic rings. The number of rotatable bonds is 5. The summed E-state index contributed by atoms with van der Waals surface area (Å²) in [5.41, 5.74) is 0.821. The summed E-state index contributed by atoms with van der Waals surface area (Å²) in [6.07, 6.45) is 2.03. The van der Waals surface area contributed by atoms with Crippen LogP contribution in [-0.2, 0) is 11.3 Å². The average molecular weight is 278 g/mol. The SMILES string of the molecule is O=C(O)CC1CCCN(Cc2ccccc2[N+](=O)[O-])C1. The predicted octanol–water partition coefficient (Wildman–Crippen LogP) is 2.28. The number of nitrogens with zero attached hydrogens (tertiary/aromatic N) is 2. The van der Waals surface area contributed by atoms with Gasteiger partial charge in [0.1, 0.15) is 0 Å². The van der Waals surface area contributed by atoms with Crippen LogP contribution in [0.15, 0.2) is 24.3 Å². The van der Waals surface area contributed by atoms with E-state index in [1.54, 1.807) is 18.2 Å². The van der Waals surface area contributed by atoms with Crippen LogP contribution in [0, 0.1) is 16.0 Å². The van der Waals surface area contributed by atoms with E-state index in [1.807, 2.05) is 0 Å². The first-order valence-corrected chi connectivity index (χ1v) is 6.72. The summed E-state index contributed by atoms with van der Waals surface area (Å²) in [4.78, 5) is 23.5. The van der Waals surface area contributed by atoms with Crippen molar-refractivity contribution in [2.75, 3.05) is 13.1 Å². The van der Waals surface area contributed by atoms with Crippen molar-refractivity contribution in [1.29, 1.82) is 0 Å². The molecule has 1 aliphatic heterocycles. The molecule has 0 amide bonds. The molecule has 6 heteroatoms. The van der Waals surface area contributed by atoms with Crippen LogP contribution in [0.4, 0.5) is 5.69 Å². The zero-order valence-electron chi connectivity index (χ0n) is 11.2. The van der Waals surface area contributed by atoms with Gasteiger partial charge in [-0.25, -0.2) is 0 Å². The molecule has 0 spiro atoms. The Morgan fingerprint density at radius 3 is 2.90 bits per heavy atom. The van der Waals surface area contributed by atoms with Gasteiger partial charge in [-0.3, -0.25) is 19.8 Å². The molecule has 0 saturated carbocycles. The number of likely N-dealkylation sites (tertiary alicyclic amines) is 1. The van der Waals surface area contributed by atoms with Gasteiger partial charge in [0.2, 0.25) is 0 Å². The summed E-state index contributed by atoms with van der Waals surface area (Å²) in [6.45, 7) is 2.06. The molecule has 1 N–H and O–H groups in total. The largest absolute Gasteiger partial charge is 0.481 e. The van der Waals surface area contributed by atoms with Crippen LogP contribution in [0.1, 0.15) is 24.8 Å². The van der Waals surface area contributed by atoms with Gasteiger partial charge in [-0.2, -0.15) is 0 Å². The van der Waals surface area contributed by atoms with Crippen molar-refractivity contribution in [2.45, 2.75) is 25.8 Å². The van der Waals surface area contributed by atoms with E-state index in [1.165, 1.54) is 6.07 Å². The first kappa shape index (κ1) is 14.5. The molecule has 108 valence electrons. The third-order valence-electron chi connectivity index (χ3n) is 3.65. The lowest BCUT2D eigenvalue weighted by Crippen LogP contribution is -2.35. The minimum absolute atomic E-state index is 0.132. The van der Waals surface area contributed by atoms with Crippen LogP contribution in [0.5, 0.6) is 0 Å². The standard InChI is InChI=1S/C14H18N2O4/c17-14(18)8-11-4-3-7-15(9-11)10-12-5-1-2-6-13(12)16(19)20/h1-2,5-6,11H,3-4,7-10H2,(H,17,18). The van der Waals surface area contributed by atoms with Gasteiger partial charge >= 0.3 is 5.97 Å². The Labute approximate surface area is 117 Å². The van der Waals surface area contributed by atoms with E-state index in [2.05, 4.69) is 4.90 Å². The van der Waals surface area contributed by atoms with Crippen LogP contribution < -0.4 is 0 Å². The van der Waals surface area contributed by atoms with E-state index in [-0.39, 0.29) is 22.9 Å². The molecule has 1 fully saturated rings. The number of hydrogen-bond acceptors (Lipinski definition) is 4. The number of carboxylic acids is 1. The fraction of sp³-hybridized carbons (Fsp3) is 0.500. The molecule has 0 aromatic heterocycles. The van der Waals surface area contributed by atoms with Gasteiger partial charge in [0, 0.05) is 31.1 Å². The van der Waals surface area contributed by atoms with Crippen molar-refractivity contribution < 1.29 is 14.8 Å². The second-order valence-corrected chi connectivity index (χ2v) is 5.23. The summed E-state index contributed by atoms with van der Waals surface area (Å²) >= 11 is 0. The smallest absolute Gasteiger partial charge is 0.303 e. The van der Waals surface area contributed by atoms with E-state index in [4.69, 9.17) is 5.11 Å². The maximum atomic E-state index is 11.0. The number of piperidine rings is 1. The Bertz CT molecular complexity index is 504. The van der Waals surface area contributed by atoms with Gasteiger partial charge in [0.15, 0.2) is 0 Å². The van der Waals surface area contributed by atoms with Gasteiger partial charge in [0.25, 0.3) is 5.69 Å². The highest BCUT2D eigenvalue weighted by atomic mass is 16.6. The second kappa shape index (κ2) is 6.47. The zero-order valence-corrected chi connectivity index (χ0v) is 11.2. The lowest BCUT2D eigenvalue weighted by Gasteiger charge is -2.31. The van der Waals surface area contributed by atoms with Crippen LogP contribution in [-0.4, -0.2) is 34.0 Å². The van der Waals surface area contributed by atoms with Gasteiger partial charge < -0.3 is 5.11 Å². The van der Waals surface area contributed by atoms with Crippen LogP contribution in [0.25, 0.3) is 0 Å². The summed E-state index contributed by atoms with van der Waals surface area (Å²) < 4.78 is 0. The van der Waals surface area contributed by atoms with Gasteiger partial charge in [0.05, 0.1) is 4.92 Å². The Balaban J connectivity index is 2.02. The first-order valence-electron chi connectivity index (χ1n) is 6.72. The zero-order chi connectivity index (χ0) is 14.5. The molecule has 1 aliphatic rings. The first-order chi connectivity index (χ1) is 9.56. The van der Waals surface area contributed by atoms with Crippen molar-refractivity contribution in [3.05, 3.63) is 39.9 Å². The van der Waals surface area contributed by atoms with E-state index < -0.39 is 5.97 Å². The van der Waals surface area contributed by atoms with Crippen LogP contribution >= 0.6 is 0 Å². The highest BCUT2D eigenvalue weighted by Gasteiger charge is 2.23. The third kappa shape index (κ3) is 3.77. The highest BCUT2D eigenvalue weighted by Crippen LogP contribution is 2.24. The molecule has 1 unspecified atom stereocenters. The van der Waals surface area contributed by atoms with Gasteiger partial charge in [-0.05, 0) is 25.3 Å². The Kier molecular flexibility index (Phi) is 4.68. The molecule has 1 atom stereocenters. The summed E-state index contributed by atoms with van der Waals surface area (Å²) in [7, 11) is 0. The molecule has 0 bridgehead atoms.